The lowest BCUT2D eigenvalue weighted by molar-refractivity contribution is -0.129. The van der Waals surface area contributed by atoms with Crippen LogP contribution in [0.5, 0.6) is 0 Å². The topological polar surface area (TPSA) is 106 Å². The van der Waals surface area contributed by atoms with Gasteiger partial charge in [0.2, 0.25) is 11.8 Å². The zero-order chi connectivity index (χ0) is 19.8. The smallest absolute Gasteiger partial charge is 0.259 e. The average molecular weight is 387 g/mol. The highest BCUT2D eigenvalue weighted by Crippen LogP contribution is 2.28. The minimum Gasteiger partial charge on any atom is -0.361 e. The third-order valence-electron chi connectivity index (χ3n) is 5.74. The Balaban J connectivity index is 1.28. The zero-order valence-electron chi connectivity index (χ0n) is 16.5. The molecule has 2 amide bonds. The van der Waals surface area contributed by atoms with Crippen molar-refractivity contribution < 1.29 is 18.6 Å². The number of carbonyl (C=O) groups excluding carboxylic acids is 2. The molecule has 0 unspecified atom stereocenters. The second-order valence-electron chi connectivity index (χ2n) is 7.81. The van der Waals surface area contributed by atoms with Crippen LogP contribution in [-0.2, 0) is 11.2 Å². The Morgan fingerprint density at radius 2 is 1.79 bits per heavy atom. The predicted molar refractivity (Wildman–Crippen MR) is 97.6 cm³/mol. The van der Waals surface area contributed by atoms with Crippen LogP contribution in [0.2, 0.25) is 0 Å². The largest absolute Gasteiger partial charge is 0.361 e. The summed E-state index contributed by atoms with van der Waals surface area (Å²) in [6, 6.07) is 0. The van der Waals surface area contributed by atoms with Crippen LogP contribution in [0.25, 0.3) is 0 Å². The predicted octanol–water partition coefficient (Wildman–Crippen LogP) is 1.72. The van der Waals surface area contributed by atoms with Gasteiger partial charge >= 0.3 is 0 Å². The molecule has 2 aliphatic heterocycles. The molecule has 4 rings (SSSR count). The molecular weight excluding hydrogens is 362 g/mol. The van der Waals surface area contributed by atoms with Crippen molar-refractivity contribution in [3.8, 4) is 0 Å². The lowest BCUT2D eigenvalue weighted by Crippen LogP contribution is -2.51. The van der Waals surface area contributed by atoms with E-state index >= 15 is 0 Å². The summed E-state index contributed by atoms with van der Waals surface area (Å²) in [5, 5.41) is 8.00. The number of rotatable bonds is 4. The second-order valence-corrected chi connectivity index (χ2v) is 7.81. The van der Waals surface area contributed by atoms with Crippen LogP contribution in [0, 0.1) is 19.8 Å². The minimum absolute atomic E-state index is 0.0315. The first-order valence-electron chi connectivity index (χ1n) is 9.72. The van der Waals surface area contributed by atoms with Gasteiger partial charge in [-0.2, -0.15) is 4.98 Å². The second kappa shape index (κ2) is 7.37. The zero-order valence-corrected chi connectivity index (χ0v) is 16.5. The molecule has 0 atom stereocenters. The summed E-state index contributed by atoms with van der Waals surface area (Å²) in [7, 11) is 0. The Labute approximate surface area is 163 Å². The Kier molecular flexibility index (Phi) is 4.91. The quantitative estimate of drug-likeness (QED) is 0.786. The Morgan fingerprint density at radius 1 is 1.07 bits per heavy atom. The van der Waals surface area contributed by atoms with E-state index in [-0.39, 0.29) is 17.7 Å². The number of piperidine rings is 1. The molecule has 2 saturated heterocycles. The van der Waals surface area contributed by atoms with Gasteiger partial charge in [0, 0.05) is 51.4 Å². The van der Waals surface area contributed by atoms with Crippen molar-refractivity contribution in [1.29, 1.82) is 0 Å². The molecule has 0 bridgehead atoms. The van der Waals surface area contributed by atoms with E-state index in [1.807, 2.05) is 4.90 Å². The van der Waals surface area contributed by atoms with Crippen LogP contribution >= 0.6 is 0 Å². The van der Waals surface area contributed by atoms with Crippen molar-refractivity contribution >= 4 is 11.8 Å². The number of aryl methyl sites for hydroxylation is 2. The molecular formula is C19H25N5O4. The highest BCUT2D eigenvalue weighted by atomic mass is 16.5. The van der Waals surface area contributed by atoms with Crippen LogP contribution in [-0.4, -0.2) is 63.1 Å². The van der Waals surface area contributed by atoms with E-state index in [0.717, 1.165) is 31.8 Å². The molecule has 2 aliphatic rings. The first-order chi connectivity index (χ1) is 13.4. The van der Waals surface area contributed by atoms with Crippen molar-refractivity contribution in [3.63, 3.8) is 0 Å². The molecule has 0 aliphatic carbocycles. The maximum atomic E-state index is 12.6. The molecule has 0 radical (unpaired) electrons. The fraction of sp³-hybridized carbons (Fsp3) is 0.632. The summed E-state index contributed by atoms with van der Waals surface area (Å²) in [5.41, 5.74) is 1.19. The van der Waals surface area contributed by atoms with Gasteiger partial charge in [-0.05, 0) is 26.7 Å². The summed E-state index contributed by atoms with van der Waals surface area (Å²) in [5.74, 6) is 2.57. The molecule has 0 N–H and O–H groups in total. The lowest BCUT2D eigenvalue weighted by atomic mass is 9.94. The van der Waals surface area contributed by atoms with Crippen LogP contribution in [0.3, 0.4) is 0 Å². The third kappa shape index (κ3) is 3.53. The Morgan fingerprint density at radius 3 is 2.39 bits per heavy atom. The van der Waals surface area contributed by atoms with Crippen LogP contribution in [0.1, 0.15) is 59.2 Å². The highest BCUT2D eigenvalue weighted by Gasteiger charge is 2.35. The Bertz CT molecular complexity index is 855. The van der Waals surface area contributed by atoms with Crippen molar-refractivity contribution in [2.45, 2.75) is 46.0 Å². The first-order valence-corrected chi connectivity index (χ1v) is 9.72. The lowest BCUT2D eigenvalue weighted by Gasteiger charge is -2.38. The van der Waals surface area contributed by atoms with Gasteiger partial charge in [0.05, 0.1) is 5.69 Å². The van der Waals surface area contributed by atoms with Gasteiger partial charge in [0.1, 0.15) is 11.3 Å². The number of likely N-dealkylation sites (tertiary alicyclic amines) is 2. The maximum Gasteiger partial charge on any atom is 0.259 e. The van der Waals surface area contributed by atoms with E-state index in [0.29, 0.717) is 48.3 Å². The molecule has 2 aromatic heterocycles. The normalized spacial score (nSPS) is 18.4. The van der Waals surface area contributed by atoms with Crippen LogP contribution in [0.4, 0.5) is 0 Å². The van der Waals surface area contributed by atoms with E-state index in [4.69, 9.17) is 9.05 Å². The molecule has 9 heteroatoms. The third-order valence-corrected chi connectivity index (χ3v) is 5.74. The molecule has 28 heavy (non-hydrogen) atoms. The maximum absolute atomic E-state index is 12.6. The van der Waals surface area contributed by atoms with Gasteiger partial charge in [-0.1, -0.05) is 10.3 Å². The van der Waals surface area contributed by atoms with Crippen molar-refractivity contribution in [2.75, 3.05) is 26.2 Å². The van der Waals surface area contributed by atoms with Crippen molar-refractivity contribution in [3.05, 3.63) is 28.7 Å². The number of hydrogen-bond acceptors (Lipinski definition) is 7. The molecule has 0 aromatic carbocycles. The summed E-state index contributed by atoms with van der Waals surface area (Å²) in [6.45, 7) is 7.95. The van der Waals surface area contributed by atoms with E-state index in [1.165, 1.54) is 0 Å². The summed E-state index contributed by atoms with van der Waals surface area (Å²) >= 11 is 0. The Hall–Kier alpha value is -2.71. The van der Waals surface area contributed by atoms with E-state index in [2.05, 4.69) is 15.3 Å². The number of amides is 2. The van der Waals surface area contributed by atoms with Crippen LogP contribution < -0.4 is 0 Å². The molecule has 9 nitrogen and oxygen atoms in total. The van der Waals surface area contributed by atoms with Gasteiger partial charge in [0.15, 0.2) is 5.82 Å². The molecule has 0 saturated carbocycles. The number of hydrogen-bond donors (Lipinski definition) is 0. The number of nitrogens with zero attached hydrogens (tertiary/aromatic N) is 5. The highest BCUT2D eigenvalue weighted by molar-refractivity contribution is 5.96. The van der Waals surface area contributed by atoms with E-state index < -0.39 is 0 Å². The molecule has 2 fully saturated rings. The summed E-state index contributed by atoms with van der Waals surface area (Å²) in [4.78, 5) is 32.2. The van der Waals surface area contributed by atoms with Gasteiger partial charge in [-0.3, -0.25) is 9.59 Å². The average Bonchev–Trinajstić information content (AvgIpc) is 3.24. The van der Waals surface area contributed by atoms with Crippen molar-refractivity contribution in [2.24, 2.45) is 5.92 Å². The standard InChI is InChI=1S/C19H25N5O4/c1-11-17(12(2)27-21-11)19(26)24-9-14(10-24)8-16-20-18(22-28-16)15-4-6-23(7-5-15)13(3)25/h14-15H,4-10H2,1-3H3. The first kappa shape index (κ1) is 18.6. The molecule has 2 aromatic rings. The van der Waals surface area contributed by atoms with Gasteiger partial charge in [-0.25, -0.2) is 0 Å². The molecule has 4 heterocycles. The SMILES string of the molecule is CC(=O)N1CCC(c2noc(CC3CN(C(=O)c4c(C)noc4C)C3)n2)CC1. The van der Waals surface area contributed by atoms with Gasteiger partial charge in [-0.15, -0.1) is 0 Å². The summed E-state index contributed by atoms with van der Waals surface area (Å²) < 4.78 is 10.5. The molecule has 0 spiro atoms. The van der Waals surface area contributed by atoms with E-state index in [1.54, 1.807) is 25.7 Å². The number of aromatic nitrogens is 3. The van der Waals surface area contributed by atoms with Crippen LogP contribution in [0.15, 0.2) is 9.05 Å². The van der Waals surface area contributed by atoms with E-state index in [9.17, 15) is 9.59 Å². The fourth-order valence-electron chi connectivity index (χ4n) is 4.03. The fourth-order valence-corrected chi connectivity index (χ4v) is 4.03. The van der Waals surface area contributed by atoms with Crippen molar-refractivity contribution in [1.82, 2.24) is 25.1 Å². The number of carbonyl (C=O) groups is 2. The molecule has 150 valence electrons. The van der Waals surface area contributed by atoms with Gasteiger partial charge < -0.3 is 18.8 Å². The minimum atomic E-state index is -0.0315. The monoisotopic (exact) mass is 387 g/mol. The van der Waals surface area contributed by atoms with Gasteiger partial charge in [0.25, 0.3) is 5.91 Å². The summed E-state index contributed by atoms with van der Waals surface area (Å²) in [6.07, 6.45) is 2.40.